The molecular formula is C30H51NO6PS+. The lowest BCUT2D eigenvalue weighted by atomic mass is 10.0. The van der Waals surface area contributed by atoms with Crippen LogP contribution in [0.1, 0.15) is 102 Å². The standard InChI is InChI=1S/C30H50NO6PS/c1-3-4-5-6-7-8-9-10-11-12-13-14-15-16-22-35-25-30(34-2)26-36-38(32,33)37-29-19-17-28(18-20-29)24-31-21-23-39-27-31/h17-21,23,27,30H,3-16,22,24-26H2,1-2H3/p+1. The number of ether oxygens (including phenoxy) is 2. The molecule has 222 valence electrons. The second-order valence-corrected chi connectivity index (χ2v) is 12.4. The molecule has 1 aromatic carbocycles. The monoisotopic (exact) mass is 584 g/mol. The maximum atomic E-state index is 12.4. The summed E-state index contributed by atoms with van der Waals surface area (Å²) in [5, 5.41) is 2.01. The van der Waals surface area contributed by atoms with Gasteiger partial charge in [-0.1, -0.05) is 102 Å². The second kappa shape index (κ2) is 21.5. The number of methoxy groups -OCH3 is 1. The lowest BCUT2D eigenvalue weighted by molar-refractivity contribution is -0.683. The summed E-state index contributed by atoms with van der Waals surface area (Å²) in [6, 6.07) is 7.07. The van der Waals surface area contributed by atoms with E-state index in [1.807, 2.05) is 29.2 Å². The van der Waals surface area contributed by atoms with E-state index in [1.54, 1.807) is 23.5 Å². The third-order valence-electron chi connectivity index (χ3n) is 6.74. The summed E-state index contributed by atoms with van der Waals surface area (Å²) in [5.74, 6) is 0.280. The van der Waals surface area contributed by atoms with Gasteiger partial charge in [-0.25, -0.2) is 4.57 Å². The van der Waals surface area contributed by atoms with Crippen molar-refractivity contribution < 1.29 is 32.5 Å². The highest BCUT2D eigenvalue weighted by Gasteiger charge is 2.25. The number of unbranched alkanes of at least 4 members (excludes halogenated alkanes) is 13. The number of phosphoric ester groups is 1. The number of hydrogen-bond acceptors (Lipinski definition) is 6. The minimum absolute atomic E-state index is 0.0874. The number of benzene rings is 1. The predicted molar refractivity (Wildman–Crippen MR) is 158 cm³/mol. The van der Waals surface area contributed by atoms with E-state index in [0.717, 1.165) is 24.9 Å². The van der Waals surface area contributed by atoms with E-state index in [-0.39, 0.29) is 12.4 Å². The van der Waals surface area contributed by atoms with Crippen LogP contribution in [0.4, 0.5) is 0 Å². The quantitative estimate of drug-likeness (QED) is 0.0722. The average Bonchev–Trinajstić information content (AvgIpc) is 3.44. The maximum Gasteiger partial charge on any atom is 0.527 e. The molecule has 9 heteroatoms. The van der Waals surface area contributed by atoms with Crippen molar-refractivity contribution in [2.24, 2.45) is 0 Å². The first-order valence-electron chi connectivity index (χ1n) is 14.8. The fraction of sp³-hybridized carbons (Fsp3) is 0.700. The van der Waals surface area contributed by atoms with Crippen molar-refractivity contribution >= 4 is 19.2 Å². The zero-order valence-electron chi connectivity index (χ0n) is 24.1. The van der Waals surface area contributed by atoms with E-state index in [4.69, 9.17) is 18.5 Å². The molecule has 0 fully saturated rings. The number of hydrogen-bond donors (Lipinski definition) is 1. The third kappa shape index (κ3) is 17.2. The van der Waals surface area contributed by atoms with Gasteiger partial charge in [0.25, 0.3) is 0 Å². The molecule has 2 unspecified atom stereocenters. The Labute approximate surface area is 240 Å². The molecule has 2 atom stereocenters. The van der Waals surface area contributed by atoms with Crippen LogP contribution < -0.4 is 9.09 Å². The highest BCUT2D eigenvalue weighted by Crippen LogP contribution is 2.44. The van der Waals surface area contributed by atoms with Crippen LogP contribution in [0.5, 0.6) is 5.75 Å². The molecule has 1 N–H and O–H groups in total. The summed E-state index contributed by atoms with van der Waals surface area (Å²) in [4.78, 5) is 10.1. The Balaban J connectivity index is 1.46. The molecule has 0 spiro atoms. The fourth-order valence-corrected chi connectivity index (χ4v) is 5.75. The zero-order chi connectivity index (χ0) is 28.0. The van der Waals surface area contributed by atoms with Gasteiger partial charge in [0.05, 0.1) is 18.6 Å². The SMILES string of the molecule is CCCCCCCCCCCCCCCCOCC(COP(=O)(O)Oc1ccc(C[n+]2ccsc2)cc1)OC. The smallest absolute Gasteiger partial charge is 0.404 e. The molecule has 0 aliphatic rings. The van der Waals surface area contributed by atoms with Crippen molar-refractivity contribution in [3.63, 3.8) is 0 Å². The summed E-state index contributed by atoms with van der Waals surface area (Å²) < 4.78 is 35.9. The van der Waals surface area contributed by atoms with Crippen LogP contribution in [-0.4, -0.2) is 37.9 Å². The summed E-state index contributed by atoms with van der Waals surface area (Å²) >= 11 is 1.63. The van der Waals surface area contributed by atoms with Crippen molar-refractivity contribution in [3.05, 3.63) is 46.9 Å². The van der Waals surface area contributed by atoms with Gasteiger partial charge in [0.15, 0.2) is 12.7 Å². The molecule has 0 radical (unpaired) electrons. The largest absolute Gasteiger partial charge is 0.527 e. The average molecular weight is 585 g/mol. The van der Waals surface area contributed by atoms with Gasteiger partial charge in [-0.3, -0.25) is 9.42 Å². The molecule has 7 nitrogen and oxygen atoms in total. The molecule has 1 aromatic heterocycles. The van der Waals surface area contributed by atoms with Crippen LogP contribution in [0, 0.1) is 0 Å². The maximum absolute atomic E-state index is 12.4. The third-order valence-corrected chi connectivity index (χ3v) is 8.33. The van der Waals surface area contributed by atoms with Gasteiger partial charge in [-0.2, -0.15) is 4.57 Å². The molecule has 0 bridgehead atoms. The van der Waals surface area contributed by atoms with Gasteiger partial charge < -0.3 is 14.0 Å². The van der Waals surface area contributed by atoms with Crippen molar-refractivity contribution in [2.45, 2.75) is 109 Å². The first-order chi connectivity index (χ1) is 19.0. The topological polar surface area (TPSA) is 78.1 Å². The Kier molecular flexibility index (Phi) is 18.7. The molecule has 2 rings (SSSR count). The minimum Gasteiger partial charge on any atom is -0.404 e. The lowest BCUT2D eigenvalue weighted by Crippen LogP contribution is -2.30. The van der Waals surface area contributed by atoms with E-state index in [0.29, 0.717) is 13.2 Å². The van der Waals surface area contributed by atoms with Crippen molar-refractivity contribution in [1.82, 2.24) is 0 Å². The molecule has 0 aliphatic heterocycles. The molecule has 2 aromatic rings. The summed E-state index contributed by atoms with van der Waals surface area (Å²) in [6.07, 6.45) is 20.1. The van der Waals surface area contributed by atoms with E-state index < -0.39 is 13.9 Å². The van der Waals surface area contributed by atoms with E-state index in [2.05, 4.69) is 11.5 Å². The van der Waals surface area contributed by atoms with Crippen molar-refractivity contribution in [2.75, 3.05) is 26.9 Å². The molecular weight excluding hydrogens is 533 g/mol. The number of aromatic nitrogens is 1. The highest BCUT2D eigenvalue weighted by molar-refractivity contribution is 7.47. The predicted octanol–water partition coefficient (Wildman–Crippen LogP) is 8.09. The number of phosphoric acid groups is 1. The van der Waals surface area contributed by atoms with Gasteiger partial charge in [0.1, 0.15) is 11.9 Å². The molecule has 0 amide bonds. The van der Waals surface area contributed by atoms with Gasteiger partial charge in [0.2, 0.25) is 5.51 Å². The Bertz CT molecular complexity index is 880. The minimum atomic E-state index is -4.27. The van der Waals surface area contributed by atoms with Crippen LogP contribution in [0.3, 0.4) is 0 Å². The van der Waals surface area contributed by atoms with Gasteiger partial charge in [0, 0.05) is 19.3 Å². The lowest BCUT2D eigenvalue weighted by Gasteiger charge is -2.18. The number of thiazole rings is 1. The number of rotatable bonds is 25. The molecule has 0 aliphatic carbocycles. The van der Waals surface area contributed by atoms with Crippen LogP contribution >= 0.6 is 19.2 Å². The van der Waals surface area contributed by atoms with Gasteiger partial charge >= 0.3 is 7.82 Å². The van der Waals surface area contributed by atoms with Crippen molar-refractivity contribution in [3.8, 4) is 5.75 Å². The van der Waals surface area contributed by atoms with Crippen LogP contribution in [-0.2, 0) is 25.1 Å². The molecule has 1 heterocycles. The van der Waals surface area contributed by atoms with Gasteiger partial charge in [-0.15, -0.1) is 0 Å². The van der Waals surface area contributed by atoms with Crippen LogP contribution in [0.2, 0.25) is 0 Å². The fourth-order valence-electron chi connectivity index (χ4n) is 4.35. The van der Waals surface area contributed by atoms with Gasteiger partial charge in [-0.05, 0) is 30.7 Å². The number of nitrogens with zero attached hydrogens (tertiary/aromatic N) is 1. The highest BCUT2D eigenvalue weighted by atomic mass is 32.1. The Morgan fingerprint density at radius 3 is 2.00 bits per heavy atom. The molecule has 0 saturated heterocycles. The van der Waals surface area contributed by atoms with E-state index in [9.17, 15) is 9.46 Å². The Morgan fingerprint density at radius 1 is 0.872 bits per heavy atom. The summed E-state index contributed by atoms with van der Waals surface area (Å²) in [5.41, 5.74) is 3.09. The first kappa shape index (κ1) is 33.9. The molecule has 39 heavy (non-hydrogen) atoms. The Morgan fingerprint density at radius 2 is 1.46 bits per heavy atom. The normalized spacial score (nSPS) is 13.8. The van der Waals surface area contributed by atoms with Crippen LogP contribution in [0.15, 0.2) is 41.4 Å². The molecule has 0 saturated carbocycles. The summed E-state index contributed by atoms with van der Waals surface area (Å²) in [6.45, 7) is 3.87. The first-order valence-corrected chi connectivity index (χ1v) is 17.2. The van der Waals surface area contributed by atoms with Crippen molar-refractivity contribution in [1.29, 1.82) is 0 Å². The second-order valence-electron chi connectivity index (χ2n) is 10.2. The summed E-state index contributed by atoms with van der Waals surface area (Å²) in [7, 11) is -2.73. The van der Waals surface area contributed by atoms with E-state index in [1.165, 1.54) is 84.2 Å². The van der Waals surface area contributed by atoms with Crippen LogP contribution in [0.25, 0.3) is 0 Å². The zero-order valence-corrected chi connectivity index (χ0v) is 25.8. The van der Waals surface area contributed by atoms with E-state index >= 15 is 0 Å². The Hall–Kier alpha value is -1.28.